The Kier molecular flexibility index (Phi) is 9.99. The lowest BCUT2D eigenvalue weighted by Gasteiger charge is -2.22. The first-order chi connectivity index (χ1) is 21.3. The van der Waals surface area contributed by atoms with Gasteiger partial charge in [-0.1, -0.05) is 78.4 Å². The SMILES string of the molecule is CCCCOc1ccc(/C(O)=C2\C(=O)C(=O)N(c3nnc(SCc4ccccc4Cl)s3)C2c2ccc(C(=O)OC)cc2)cc1. The molecule has 5 rings (SSSR count). The molecule has 0 aliphatic carbocycles. The summed E-state index contributed by atoms with van der Waals surface area (Å²) in [5, 5.41) is 20.7. The molecule has 0 bridgehead atoms. The van der Waals surface area contributed by atoms with E-state index >= 15 is 0 Å². The Morgan fingerprint density at radius 2 is 1.73 bits per heavy atom. The Bertz CT molecular complexity index is 1710. The Morgan fingerprint density at radius 1 is 1.02 bits per heavy atom. The van der Waals surface area contributed by atoms with Crippen LogP contribution in [-0.2, 0) is 20.1 Å². The number of ketones is 1. The van der Waals surface area contributed by atoms with E-state index in [1.807, 2.05) is 18.2 Å². The van der Waals surface area contributed by atoms with Crippen molar-refractivity contribution in [2.45, 2.75) is 35.9 Å². The number of hydrogen-bond donors (Lipinski definition) is 1. The smallest absolute Gasteiger partial charge is 0.337 e. The number of benzene rings is 3. The highest BCUT2D eigenvalue weighted by molar-refractivity contribution is 8.00. The number of carbonyl (C=O) groups is 3. The summed E-state index contributed by atoms with van der Waals surface area (Å²) in [5.74, 6) is -1.44. The molecule has 1 amide bonds. The van der Waals surface area contributed by atoms with Crippen LogP contribution in [0, 0.1) is 0 Å². The Labute approximate surface area is 267 Å². The number of aromatic nitrogens is 2. The molecule has 0 spiro atoms. The fourth-order valence-corrected chi connectivity index (χ4v) is 6.73. The second-order valence-electron chi connectivity index (χ2n) is 9.74. The van der Waals surface area contributed by atoms with Gasteiger partial charge in [-0.25, -0.2) is 4.79 Å². The summed E-state index contributed by atoms with van der Waals surface area (Å²) in [6, 6.07) is 19.4. The number of amides is 1. The molecule has 4 aromatic rings. The number of esters is 1. The zero-order valence-corrected chi connectivity index (χ0v) is 26.2. The topological polar surface area (TPSA) is 119 Å². The Morgan fingerprint density at radius 3 is 2.41 bits per heavy atom. The largest absolute Gasteiger partial charge is 0.507 e. The Hall–Kier alpha value is -4.19. The van der Waals surface area contributed by atoms with Gasteiger partial charge in [-0.15, -0.1) is 10.2 Å². The first kappa shape index (κ1) is 31.2. The molecule has 1 unspecified atom stereocenters. The van der Waals surface area contributed by atoms with Crippen molar-refractivity contribution >= 4 is 63.3 Å². The second kappa shape index (κ2) is 14.1. The second-order valence-corrected chi connectivity index (χ2v) is 12.3. The first-order valence-corrected chi connectivity index (χ1v) is 15.9. The number of halogens is 1. The zero-order chi connectivity index (χ0) is 31.2. The van der Waals surface area contributed by atoms with Gasteiger partial charge in [-0.3, -0.25) is 14.5 Å². The number of carbonyl (C=O) groups excluding carboxylic acids is 3. The molecule has 0 radical (unpaired) electrons. The lowest BCUT2D eigenvalue weighted by atomic mass is 9.94. The number of Topliss-reactive ketones (excluding diaryl/α,β-unsaturated/α-hetero) is 1. The van der Waals surface area contributed by atoms with E-state index in [-0.39, 0.29) is 16.5 Å². The fourth-order valence-electron chi connectivity index (χ4n) is 4.58. The van der Waals surface area contributed by atoms with Gasteiger partial charge in [0.25, 0.3) is 5.78 Å². The number of nitrogens with zero attached hydrogens (tertiary/aromatic N) is 3. The standard InChI is InChI=1S/C32H28ClN3O6S2/c1-3-4-17-42-23-15-13-20(14-16-23)27(37)25-26(19-9-11-21(12-10-19)30(40)41-2)36(29(39)28(25)38)31-34-35-32(44-31)43-18-22-7-5-6-8-24(22)33/h5-16,26,37H,3-4,17-18H2,1-2H3/b27-25+. The minimum atomic E-state index is -1.03. The number of anilines is 1. The van der Waals surface area contributed by atoms with Gasteiger partial charge in [0.1, 0.15) is 11.5 Å². The molecule has 1 N–H and O–H groups in total. The third kappa shape index (κ3) is 6.64. The van der Waals surface area contributed by atoms with Gasteiger partial charge < -0.3 is 14.6 Å². The summed E-state index contributed by atoms with van der Waals surface area (Å²) in [5.41, 5.74) is 1.93. The maximum absolute atomic E-state index is 13.5. The first-order valence-electron chi connectivity index (χ1n) is 13.7. The summed E-state index contributed by atoms with van der Waals surface area (Å²) < 4.78 is 11.1. The normalized spacial score (nSPS) is 15.9. The van der Waals surface area contributed by atoms with Crippen molar-refractivity contribution in [2.75, 3.05) is 18.6 Å². The van der Waals surface area contributed by atoms with Crippen LogP contribution in [0.1, 0.15) is 52.9 Å². The van der Waals surface area contributed by atoms with Crippen molar-refractivity contribution in [3.63, 3.8) is 0 Å². The van der Waals surface area contributed by atoms with Crippen molar-refractivity contribution in [1.82, 2.24) is 10.2 Å². The summed E-state index contributed by atoms with van der Waals surface area (Å²) in [6.45, 7) is 2.64. The van der Waals surface area contributed by atoms with E-state index in [4.69, 9.17) is 21.1 Å². The summed E-state index contributed by atoms with van der Waals surface area (Å²) in [7, 11) is 1.28. The number of thioether (sulfide) groups is 1. The van der Waals surface area contributed by atoms with Crippen LogP contribution in [0.5, 0.6) is 5.75 Å². The zero-order valence-electron chi connectivity index (χ0n) is 23.9. The maximum Gasteiger partial charge on any atom is 0.337 e. The minimum Gasteiger partial charge on any atom is -0.507 e. The van der Waals surface area contributed by atoms with Gasteiger partial charge in [0.2, 0.25) is 5.13 Å². The minimum absolute atomic E-state index is 0.110. The van der Waals surface area contributed by atoms with Crippen molar-refractivity contribution in [1.29, 1.82) is 0 Å². The molecule has 1 atom stereocenters. The summed E-state index contributed by atoms with van der Waals surface area (Å²) in [4.78, 5) is 40.4. The van der Waals surface area contributed by atoms with E-state index < -0.39 is 23.7 Å². The van der Waals surface area contributed by atoms with Gasteiger partial charge in [0.15, 0.2) is 4.34 Å². The van der Waals surface area contributed by atoms with Crippen molar-refractivity contribution in [3.8, 4) is 5.75 Å². The van der Waals surface area contributed by atoms with Crippen molar-refractivity contribution < 1.29 is 29.0 Å². The lowest BCUT2D eigenvalue weighted by molar-refractivity contribution is -0.132. The van der Waals surface area contributed by atoms with Gasteiger partial charge in [-0.2, -0.15) is 0 Å². The molecule has 44 heavy (non-hydrogen) atoms. The van der Waals surface area contributed by atoms with E-state index in [1.54, 1.807) is 42.5 Å². The Balaban J connectivity index is 1.51. The number of unbranched alkanes of at least 4 members (excludes halogenated alkanes) is 1. The highest BCUT2D eigenvalue weighted by atomic mass is 35.5. The number of hydrogen-bond acceptors (Lipinski definition) is 10. The third-order valence-corrected chi connectivity index (χ3v) is 9.37. The van der Waals surface area contributed by atoms with Crippen LogP contribution in [-0.4, -0.2) is 46.7 Å². The van der Waals surface area contributed by atoms with Gasteiger partial charge in [0, 0.05) is 16.3 Å². The lowest BCUT2D eigenvalue weighted by Crippen LogP contribution is -2.29. The van der Waals surface area contributed by atoms with E-state index in [2.05, 4.69) is 17.1 Å². The van der Waals surface area contributed by atoms with Crippen LogP contribution in [0.4, 0.5) is 5.13 Å². The molecule has 12 heteroatoms. The number of ether oxygens (including phenoxy) is 2. The molecule has 226 valence electrons. The molecular formula is C32H28ClN3O6S2. The number of aliphatic hydroxyl groups excluding tert-OH is 1. The average Bonchev–Trinajstić information content (AvgIpc) is 3.62. The molecule has 3 aromatic carbocycles. The van der Waals surface area contributed by atoms with E-state index in [0.29, 0.717) is 44.2 Å². The van der Waals surface area contributed by atoms with Crippen LogP contribution in [0.25, 0.3) is 5.76 Å². The van der Waals surface area contributed by atoms with E-state index in [9.17, 15) is 19.5 Å². The number of methoxy groups -OCH3 is 1. The highest BCUT2D eigenvalue weighted by Gasteiger charge is 2.48. The van der Waals surface area contributed by atoms with Crippen LogP contribution < -0.4 is 9.64 Å². The highest BCUT2D eigenvalue weighted by Crippen LogP contribution is 2.44. The van der Waals surface area contributed by atoms with Crippen molar-refractivity contribution in [2.24, 2.45) is 0 Å². The number of rotatable bonds is 11. The molecule has 1 aliphatic rings. The van der Waals surface area contributed by atoms with Crippen LogP contribution in [0.2, 0.25) is 5.02 Å². The number of aliphatic hydroxyl groups is 1. The molecule has 0 saturated carbocycles. The van der Waals surface area contributed by atoms with E-state index in [1.165, 1.54) is 35.9 Å². The summed E-state index contributed by atoms with van der Waals surface area (Å²) >= 11 is 8.84. The average molecular weight is 650 g/mol. The molecule has 2 heterocycles. The molecule has 1 saturated heterocycles. The monoisotopic (exact) mass is 649 g/mol. The van der Waals surface area contributed by atoms with Gasteiger partial charge in [0.05, 0.1) is 30.9 Å². The van der Waals surface area contributed by atoms with Crippen LogP contribution in [0.3, 0.4) is 0 Å². The van der Waals surface area contributed by atoms with Crippen molar-refractivity contribution in [3.05, 3.63) is 106 Å². The van der Waals surface area contributed by atoms with Gasteiger partial charge >= 0.3 is 11.9 Å². The van der Waals surface area contributed by atoms with Gasteiger partial charge in [-0.05, 0) is 60.0 Å². The fraction of sp³-hybridized carbons (Fsp3) is 0.219. The molecule has 1 aromatic heterocycles. The molecule has 9 nitrogen and oxygen atoms in total. The molecular weight excluding hydrogens is 622 g/mol. The predicted molar refractivity (Wildman–Crippen MR) is 170 cm³/mol. The van der Waals surface area contributed by atoms with Crippen LogP contribution >= 0.6 is 34.7 Å². The molecule has 1 aliphatic heterocycles. The maximum atomic E-state index is 13.5. The third-order valence-electron chi connectivity index (χ3n) is 6.90. The van der Waals surface area contributed by atoms with E-state index in [0.717, 1.165) is 29.7 Å². The quantitative estimate of drug-likeness (QED) is 0.0346. The van der Waals surface area contributed by atoms with Crippen LogP contribution in [0.15, 0.2) is 82.7 Å². The predicted octanol–water partition coefficient (Wildman–Crippen LogP) is 7.08. The molecule has 1 fully saturated rings. The summed E-state index contributed by atoms with van der Waals surface area (Å²) in [6.07, 6.45) is 1.90.